The minimum absolute atomic E-state index is 0.266. The Kier molecular flexibility index (Phi) is 5.20. The molecule has 29 heavy (non-hydrogen) atoms. The van der Waals surface area contributed by atoms with Crippen LogP contribution in [0.4, 0.5) is 5.69 Å². The summed E-state index contributed by atoms with van der Waals surface area (Å²) in [6, 6.07) is 18.3. The van der Waals surface area contributed by atoms with E-state index in [4.69, 9.17) is 4.74 Å². The second-order valence-corrected chi connectivity index (χ2v) is 6.34. The van der Waals surface area contributed by atoms with E-state index >= 15 is 0 Å². The van der Waals surface area contributed by atoms with E-state index < -0.39 is 0 Å². The third kappa shape index (κ3) is 4.78. The predicted octanol–water partition coefficient (Wildman–Crippen LogP) is 3.48. The number of nitrogens with one attached hydrogen (secondary N) is 3. The van der Waals surface area contributed by atoms with E-state index in [2.05, 4.69) is 20.3 Å². The Labute approximate surface area is 166 Å². The summed E-state index contributed by atoms with van der Waals surface area (Å²) in [5, 5.41) is 2.77. The van der Waals surface area contributed by atoms with Crippen molar-refractivity contribution in [2.75, 3.05) is 5.32 Å². The first-order chi connectivity index (χ1) is 14.2. The maximum Gasteiger partial charge on any atom is 0.323 e. The summed E-state index contributed by atoms with van der Waals surface area (Å²) in [5.74, 6) is 0.462. The fraction of sp³-hybridized carbons (Fsp3) is 0.0455. The minimum Gasteiger partial charge on any atom is -0.487 e. The number of hydrogen-bond acceptors (Lipinski definition) is 4. The molecule has 0 aliphatic rings. The van der Waals surface area contributed by atoms with Crippen molar-refractivity contribution < 1.29 is 9.53 Å². The number of rotatable bonds is 6. The number of carbonyl (C=O) groups excluding carboxylic acids is 1. The Balaban J connectivity index is 1.33. The molecule has 7 heteroatoms. The molecule has 0 bridgehead atoms. The van der Waals surface area contributed by atoms with E-state index in [9.17, 15) is 9.59 Å². The van der Waals surface area contributed by atoms with Crippen LogP contribution in [-0.2, 0) is 11.4 Å². The number of pyridine rings is 1. The molecule has 0 aliphatic carbocycles. The first kappa shape index (κ1) is 18.2. The third-order valence-electron chi connectivity index (χ3n) is 4.20. The molecule has 0 radical (unpaired) electrons. The van der Waals surface area contributed by atoms with Gasteiger partial charge in [-0.05, 0) is 54.1 Å². The van der Waals surface area contributed by atoms with Gasteiger partial charge in [-0.2, -0.15) is 0 Å². The number of carbonyl (C=O) groups is 1. The molecule has 0 spiro atoms. The lowest BCUT2D eigenvalue weighted by atomic mass is 10.2. The molecular weight excluding hydrogens is 368 g/mol. The van der Waals surface area contributed by atoms with Gasteiger partial charge in [-0.15, -0.1) is 0 Å². The summed E-state index contributed by atoms with van der Waals surface area (Å²) in [7, 11) is 0. The van der Waals surface area contributed by atoms with Crippen LogP contribution >= 0.6 is 0 Å². The molecular formula is C22H18N4O3. The number of fused-ring (bicyclic) bond motifs is 1. The lowest BCUT2D eigenvalue weighted by Crippen LogP contribution is -2.07. The fourth-order valence-electron chi connectivity index (χ4n) is 2.78. The molecule has 2 heterocycles. The van der Waals surface area contributed by atoms with Crippen molar-refractivity contribution in [3.05, 3.63) is 94.7 Å². The average Bonchev–Trinajstić information content (AvgIpc) is 3.11. The number of hydrogen-bond donors (Lipinski definition) is 3. The molecule has 0 fully saturated rings. The van der Waals surface area contributed by atoms with Gasteiger partial charge in [-0.1, -0.05) is 18.2 Å². The topological polar surface area (TPSA) is 99.9 Å². The SMILES string of the molecule is O=C(/C=C/c1ccc(OCc2ccccn2)cc1)Nc1ccc2[nH]c(=O)[nH]c2c1. The van der Waals surface area contributed by atoms with E-state index in [1.54, 1.807) is 30.5 Å². The lowest BCUT2D eigenvalue weighted by Gasteiger charge is -2.05. The van der Waals surface area contributed by atoms with Crippen LogP contribution in [-0.4, -0.2) is 20.9 Å². The molecule has 144 valence electrons. The first-order valence-corrected chi connectivity index (χ1v) is 9.00. The monoisotopic (exact) mass is 386 g/mol. The highest BCUT2D eigenvalue weighted by Gasteiger charge is 2.02. The van der Waals surface area contributed by atoms with Crippen LogP contribution in [0.3, 0.4) is 0 Å². The van der Waals surface area contributed by atoms with E-state index in [1.165, 1.54) is 6.08 Å². The Bertz CT molecular complexity index is 1210. The molecule has 4 aromatic rings. The normalized spacial score (nSPS) is 11.0. The van der Waals surface area contributed by atoms with Crippen molar-refractivity contribution in [1.82, 2.24) is 15.0 Å². The minimum atomic E-state index is -0.282. The first-order valence-electron chi connectivity index (χ1n) is 9.00. The predicted molar refractivity (Wildman–Crippen MR) is 112 cm³/mol. The number of nitrogens with zero attached hydrogens (tertiary/aromatic N) is 1. The molecule has 0 aliphatic heterocycles. The second kappa shape index (κ2) is 8.26. The van der Waals surface area contributed by atoms with Gasteiger partial charge in [0.05, 0.1) is 16.7 Å². The van der Waals surface area contributed by atoms with Crippen molar-refractivity contribution in [2.45, 2.75) is 6.61 Å². The summed E-state index contributed by atoms with van der Waals surface area (Å²) in [4.78, 5) is 33.0. The van der Waals surface area contributed by atoms with Crippen LogP contribution in [0, 0.1) is 0 Å². The summed E-state index contributed by atoms with van der Waals surface area (Å²) in [6.45, 7) is 0.398. The van der Waals surface area contributed by atoms with Crippen molar-refractivity contribution in [2.24, 2.45) is 0 Å². The summed E-state index contributed by atoms with van der Waals surface area (Å²) >= 11 is 0. The standard InChI is InChI=1S/C22H18N4O3/c27-21(24-16-7-10-19-20(13-16)26-22(28)25-19)11-6-15-4-8-18(9-5-15)29-14-17-3-1-2-12-23-17/h1-13H,14H2,(H,24,27)(H2,25,26,28)/b11-6+. The zero-order valence-electron chi connectivity index (χ0n) is 15.4. The molecule has 2 aromatic carbocycles. The molecule has 2 aromatic heterocycles. The van der Waals surface area contributed by atoms with Gasteiger partial charge >= 0.3 is 5.69 Å². The quantitative estimate of drug-likeness (QED) is 0.442. The van der Waals surface area contributed by atoms with Crippen LogP contribution in [0.15, 0.2) is 77.7 Å². The number of aromatic amines is 2. The number of amides is 1. The van der Waals surface area contributed by atoms with E-state index in [1.807, 2.05) is 42.5 Å². The second-order valence-electron chi connectivity index (χ2n) is 6.34. The highest BCUT2D eigenvalue weighted by Crippen LogP contribution is 2.16. The van der Waals surface area contributed by atoms with Gasteiger partial charge in [0, 0.05) is 18.0 Å². The highest BCUT2D eigenvalue weighted by molar-refractivity contribution is 6.02. The molecule has 4 rings (SSSR count). The Morgan fingerprint density at radius 3 is 2.66 bits per heavy atom. The van der Waals surface area contributed by atoms with Gasteiger partial charge < -0.3 is 20.0 Å². The largest absolute Gasteiger partial charge is 0.487 e. The molecule has 1 amide bonds. The maximum atomic E-state index is 12.1. The van der Waals surface area contributed by atoms with E-state index in [0.29, 0.717) is 23.3 Å². The smallest absolute Gasteiger partial charge is 0.323 e. The molecule has 0 atom stereocenters. The number of ether oxygens (including phenoxy) is 1. The zero-order valence-corrected chi connectivity index (χ0v) is 15.4. The summed E-state index contributed by atoms with van der Waals surface area (Å²) in [6.07, 6.45) is 4.90. The molecule has 0 unspecified atom stereocenters. The number of H-pyrrole nitrogens is 2. The van der Waals surface area contributed by atoms with Gasteiger partial charge in [0.1, 0.15) is 12.4 Å². The van der Waals surface area contributed by atoms with Gasteiger partial charge in [-0.3, -0.25) is 9.78 Å². The average molecular weight is 386 g/mol. The number of benzene rings is 2. The van der Waals surface area contributed by atoms with Gasteiger partial charge in [-0.25, -0.2) is 4.79 Å². The fourth-order valence-corrected chi connectivity index (χ4v) is 2.78. The van der Waals surface area contributed by atoms with Gasteiger partial charge in [0.25, 0.3) is 0 Å². The molecule has 0 saturated heterocycles. The van der Waals surface area contributed by atoms with Crippen LogP contribution in [0.1, 0.15) is 11.3 Å². The van der Waals surface area contributed by atoms with Crippen LogP contribution in [0.25, 0.3) is 17.1 Å². The van der Waals surface area contributed by atoms with Crippen molar-refractivity contribution in [3.8, 4) is 5.75 Å². The molecule has 0 saturated carbocycles. The van der Waals surface area contributed by atoms with Crippen LogP contribution < -0.4 is 15.7 Å². The van der Waals surface area contributed by atoms with E-state index in [0.717, 1.165) is 17.0 Å². The number of imidazole rings is 1. The van der Waals surface area contributed by atoms with Crippen LogP contribution in [0.2, 0.25) is 0 Å². The Morgan fingerprint density at radius 2 is 1.86 bits per heavy atom. The molecule has 7 nitrogen and oxygen atoms in total. The number of anilines is 1. The Hall–Kier alpha value is -4.13. The maximum absolute atomic E-state index is 12.1. The summed E-state index contributed by atoms with van der Waals surface area (Å²) in [5.41, 5.74) is 3.37. The third-order valence-corrected chi connectivity index (χ3v) is 4.20. The van der Waals surface area contributed by atoms with Gasteiger partial charge in [0.2, 0.25) is 5.91 Å². The van der Waals surface area contributed by atoms with Crippen molar-refractivity contribution in [3.63, 3.8) is 0 Å². The lowest BCUT2D eigenvalue weighted by molar-refractivity contribution is -0.111. The summed E-state index contributed by atoms with van der Waals surface area (Å²) < 4.78 is 5.69. The number of aromatic nitrogens is 3. The van der Waals surface area contributed by atoms with E-state index in [-0.39, 0.29) is 11.6 Å². The highest BCUT2D eigenvalue weighted by atomic mass is 16.5. The zero-order chi connectivity index (χ0) is 20.1. The Morgan fingerprint density at radius 1 is 1.03 bits per heavy atom. The van der Waals surface area contributed by atoms with Crippen molar-refractivity contribution in [1.29, 1.82) is 0 Å². The van der Waals surface area contributed by atoms with Crippen molar-refractivity contribution >= 4 is 28.7 Å². The molecule has 3 N–H and O–H groups in total. The van der Waals surface area contributed by atoms with Crippen LogP contribution in [0.5, 0.6) is 5.75 Å². The van der Waals surface area contributed by atoms with Gasteiger partial charge in [0.15, 0.2) is 0 Å².